The third kappa shape index (κ3) is 3.88. The molecule has 1 saturated carbocycles. The van der Waals surface area contributed by atoms with Crippen molar-refractivity contribution in [2.24, 2.45) is 11.8 Å². The van der Waals surface area contributed by atoms with Crippen LogP contribution in [-0.2, 0) is 16.0 Å². The molecule has 2 heterocycles. The van der Waals surface area contributed by atoms with Crippen molar-refractivity contribution < 1.29 is 9.59 Å². The van der Waals surface area contributed by atoms with Gasteiger partial charge in [0.25, 0.3) is 0 Å². The van der Waals surface area contributed by atoms with Crippen molar-refractivity contribution in [3.8, 4) is 0 Å². The molecule has 2 amide bonds. The highest BCUT2D eigenvalue weighted by atomic mass is 32.1. The second-order valence-electron chi connectivity index (χ2n) is 6.97. The normalized spacial score (nSPS) is 22.3. The van der Waals surface area contributed by atoms with Gasteiger partial charge in [0.2, 0.25) is 16.9 Å². The van der Waals surface area contributed by atoms with Crippen molar-refractivity contribution in [1.82, 2.24) is 15.1 Å². The Morgan fingerprint density at radius 2 is 2.09 bits per heavy atom. The molecule has 7 heteroatoms. The summed E-state index contributed by atoms with van der Waals surface area (Å²) >= 11 is 1.42. The maximum Gasteiger partial charge on any atom is 0.231 e. The van der Waals surface area contributed by atoms with Crippen molar-refractivity contribution in [1.29, 1.82) is 0 Å². The van der Waals surface area contributed by atoms with Gasteiger partial charge in [0.05, 0.1) is 5.92 Å². The molecular weight excluding hydrogens is 312 g/mol. The Morgan fingerprint density at radius 1 is 1.35 bits per heavy atom. The van der Waals surface area contributed by atoms with Crippen LogP contribution in [0, 0.1) is 11.8 Å². The van der Waals surface area contributed by atoms with Gasteiger partial charge in [-0.05, 0) is 18.8 Å². The number of likely N-dealkylation sites (tertiary alicyclic amines) is 1. The van der Waals surface area contributed by atoms with Crippen LogP contribution in [0.5, 0.6) is 0 Å². The molecule has 126 valence electrons. The molecule has 1 aromatic heterocycles. The quantitative estimate of drug-likeness (QED) is 0.896. The van der Waals surface area contributed by atoms with Crippen LogP contribution in [0.25, 0.3) is 0 Å². The van der Waals surface area contributed by atoms with Gasteiger partial charge in [0.15, 0.2) is 0 Å². The maximum absolute atomic E-state index is 12.4. The summed E-state index contributed by atoms with van der Waals surface area (Å²) in [5.74, 6) is 0.264. The van der Waals surface area contributed by atoms with E-state index in [1.54, 1.807) is 0 Å². The molecule has 0 bridgehead atoms. The lowest BCUT2D eigenvalue weighted by molar-refractivity contribution is -0.129. The predicted molar refractivity (Wildman–Crippen MR) is 89.2 cm³/mol. The van der Waals surface area contributed by atoms with E-state index < -0.39 is 0 Å². The molecule has 1 unspecified atom stereocenters. The van der Waals surface area contributed by atoms with Gasteiger partial charge in [0, 0.05) is 25.4 Å². The van der Waals surface area contributed by atoms with Crippen molar-refractivity contribution in [2.45, 2.75) is 58.4 Å². The molecule has 1 saturated heterocycles. The fourth-order valence-corrected chi connectivity index (χ4v) is 4.37. The summed E-state index contributed by atoms with van der Waals surface area (Å²) < 4.78 is 0. The van der Waals surface area contributed by atoms with Crippen molar-refractivity contribution in [2.75, 3.05) is 11.9 Å². The first-order valence-electron chi connectivity index (χ1n) is 8.45. The SMILES string of the molecule is CC(C)Cc1nnc(NC(=O)C2CC(=O)N(C3CCCC3)C2)s1. The summed E-state index contributed by atoms with van der Waals surface area (Å²) in [5, 5.41) is 12.5. The van der Waals surface area contributed by atoms with E-state index in [4.69, 9.17) is 0 Å². The lowest BCUT2D eigenvalue weighted by Gasteiger charge is -2.23. The average molecular weight is 336 g/mol. The lowest BCUT2D eigenvalue weighted by Crippen LogP contribution is -2.35. The third-order valence-electron chi connectivity index (χ3n) is 4.57. The number of carbonyl (C=O) groups is 2. The second-order valence-corrected chi connectivity index (χ2v) is 8.04. The fraction of sp³-hybridized carbons (Fsp3) is 0.750. The highest BCUT2D eigenvalue weighted by Gasteiger charge is 2.38. The molecule has 2 fully saturated rings. The first-order valence-corrected chi connectivity index (χ1v) is 9.27. The minimum atomic E-state index is -0.263. The Morgan fingerprint density at radius 3 is 2.78 bits per heavy atom. The van der Waals surface area contributed by atoms with Gasteiger partial charge < -0.3 is 10.2 Å². The molecule has 2 aliphatic rings. The number of hydrogen-bond acceptors (Lipinski definition) is 5. The molecule has 1 aliphatic heterocycles. The van der Waals surface area contributed by atoms with Gasteiger partial charge in [-0.25, -0.2) is 0 Å². The zero-order valence-electron chi connectivity index (χ0n) is 13.7. The van der Waals surface area contributed by atoms with Crippen molar-refractivity contribution in [3.05, 3.63) is 5.01 Å². The molecule has 1 aromatic rings. The van der Waals surface area contributed by atoms with Crippen LogP contribution in [-0.4, -0.2) is 39.5 Å². The van der Waals surface area contributed by atoms with Gasteiger partial charge in [-0.15, -0.1) is 10.2 Å². The summed E-state index contributed by atoms with van der Waals surface area (Å²) in [4.78, 5) is 26.5. The standard InChI is InChI=1S/C16H24N4O2S/c1-10(2)7-13-18-19-16(23-13)17-15(22)11-8-14(21)20(9-11)12-5-3-4-6-12/h10-12H,3-9H2,1-2H3,(H,17,19,22). The zero-order valence-corrected chi connectivity index (χ0v) is 14.6. The van der Waals surface area contributed by atoms with E-state index in [1.165, 1.54) is 24.2 Å². The van der Waals surface area contributed by atoms with E-state index in [1.807, 2.05) is 4.90 Å². The number of rotatable bonds is 5. The highest BCUT2D eigenvalue weighted by Crippen LogP contribution is 2.30. The van der Waals surface area contributed by atoms with E-state index in [-0.39, 0.29) is 17.7 Å². The summed E-state index contributed by atoms with van der Waals surface area (Å²) in [6.45, 7) is 4.80. The Labute approximate surface area is 140 Å². The van der Waals surface area contributed by atoms with E-state index >= 15 is 0 Å². The Kier molecular flexibility index (Phi) is 4.94. The summed E-state index contributed by atoms with van der Waals surface area (Å²) in [7, 11) is 0. The van der Waals surface area contributed by atoms with E-state index in [2.05, 4.69) is 29.4 Å². The van der Waals surface area contributed by atoms with Gasteiger partial charge in [0.1, 0.15) is 5.01 Å². The third-order valence-corrected chi connectivity index (χ3v) is 5.44. The lowest BCUT2D eigenvalue weighted by atomic mass is 10.1. The van der Waals surface area contributed by atoms with Gasteiger partial charge >= 0.3 is 0 Å². The van der Waals surface area contributed by atoms with Crippen LogP contribution in [0.4, 0.5) is 5.13 Å². The summed E-state index contributed by atoms with van der Waals surface area (Å²) in [6, 6.07) is 0.347. The number of hydrogen-bond donors (Lipinski definition) is 1. The van der Waals surface area contributed by atoms with Gasteiger partial charge in [-0.1, -0.05) is 38.0 Å². The van der Waals surface area contributed by atoms with Gasteiger partial charge in [-0.3, -0.25) is 9.59 Å². The number of aromatic nitrogens is 2. The van der Waals surface area contributed by atoms with Crippen LogP contribution in [0.15, 0.2) is 0 Å². The number of nitrogens with zero attached hydrogens (tertiary/aromatic N) is 3. The maximum atomic E-state index is 12.4. The number of nitrogens with one attached hydrogen (secondary N) is 1. The van der Waals surface area contributed by atoms with E-state index in [0.29, 0.717) is 30.1 Å². The first-order chi connectivity index (χ1) is 11.0. The zero-order chi connectivity index (χ0) is 16.4. The number of carbonyl (C=O) groups excluding carboxylic acids is 2. The topological polar surface area (TPSA) is 75.2 Å². The molecular formula is C16H24N4O2S. The molecule has 23 heavy (non-hydrogen) atoms. The van der Waals surface area contributed by atoms with Crippen LogP contribution in [0.3, 0.4) is 0 Å². The van der Waals surface area contributed by atoms with E-state index in [9.17, 15) is 9.59 Å². The van der Waals surface area contributed by atoms with Crippen molar-refractivity contribution >= 4 is 28.3 Å². The molecule has 1 atom stereocenters. The van der Waals surface area contributed by atoms with E-state index in [0.717, 1.165) is 24.3 Å². The molecule has 6 nitrogen and oxygen atoms in total. The van der Waals surface area contributed by atoms with Crippen LogP contribution < -0.4 is 5.32 Å². The average Bonchev–Trinajstić information content (AvgIpc) is 3.19. The number of amides is 2. The Hall–Kier alpha value is -1.50. The molecule has 1 aliphatic carbocycles. The number of anilines is 1. The smallest absolute Gasteiger partial charge is 0.231 e. The highest BCUT2D eigenvalue weighted by molar-refractivity contribution is 7.15. The van der Waals surface area contributed by atoms with Gasteiger partial charge in [-0.2, -0.15) is 0 Å². The molecule has 0 radical (unpaired) electrons. The minimum absolute atomic E-state index is 0.105. The summed E-state index contributed by atoms with van der Waals surface area (Å²) in [6.07, 6.45) is 5.72. The second kappa shape index (κ2) is 6.95. The molecule has 0 aromatic carbocycles. The predicted octanol–water partition coefficient (Wildman–Crippen LogP) is 2.47. The fourth-order valence-electron chi connectivity index (χ4n) is 3.42. The first kappa shape index (κ1) is 16.4. The molecule has 3 rings (SSSR count). The molecule has 1 N–H and O–H groups in total. The monoisotopic (exact) mass is 336 g/mol. The van der Waals surface area contributed by atoms with Crippen LogP contribution >= 0.6 is 11.3 Å². The largest absolute Gasteiger partial charge is 0.339 e. The minimum Gasteiger partial charge on any atom is -0.339 e. The molecule has 0 spiro atoms. The Bertz CT molecular complexity index is 580. The summed E-state index contributed by atoms with van der Waals surface area (Å²) in [5.41, 5.74) is 0. The van der Waals surface area contributed by atoms with Crippen LogP contribution in [0.1, 0.15) is 51.0 Å². The van der Waals surface area contributed by atoms with Crippen LogP contribution in [0.2, 0.25) is 0 Å². The van der Waals surface area contributed by atoms with Crippen molar-refractivity contribution in [3.63, 3.8) is 0 Å². The Balaban J connectivity index is 1.56.